The number of carbonyl (C=O) groups is 1. The van der Waals surface area contributed by atoms with Gasteiger partial charge in [0.25, 0.3) is 5.91 Å². The summed E-state index contributed by atoms with van der Waals surface area (Å²) in [4.78, 5) is 16.9. The molecule has 0 fully saturated rings. The monoisotopic (exact) mass is 383 g/mol. The van der Waals surface area contributed by atoms with Crippen LogP contribution in [0.5, 0.6) is 5.75 Å². The lowest BCUT2D eigenvalue weighted by atomic mass is 10.1. The highest BCUT2D eigenvalue weighted by Gasteiger charge is 2.34. The van der Waals surface area contributed by atoms with Gasteiger partial charge in [-0.1, -0.05) is 11.6 Å². The molecule has 0 saturated heterocycles. The van der Waals surface area contributed by atoms with Gasteiger partial charge in [-0.05, 0) is 37.3 Å². The highest BCUT2D eigenvalue weighted by molar-refractivity contribution is 6.30. The third kappa shape index (κ3) is 3.20. The van der Waals surface area contributed by atoms with Gasteiger partial charge >= 0.3 is 6.18 Å². The SMILES string of the molecule is COc1cccn2c(C(=O)Nc3ccc(Cl)cc3C(F)(F)F)c(C)nc12. The number of anilines is 1. The molecule has 0 aliphatic rings. The summed E-state index contributed by atoms with van der Waals surface area (Å²) >= 11 is 5.65. The maximum absolute atomic E-state index is 13.2. The fourth-order valence-electron chi connectivity index (χ4n) is 2.63. The van der Waals surface area contributed by atoms with E-state index in [9.17, 15) is 18.0 Å². The van der Waals surface area contributed by atoms with Gasteiger partial charge in [0, 0.05) is 11.2 Å². The van der Waals surface area contributed by atoms with Crippen LogP contribution in [0.3, 0.4) is 0 Å². The van der Waals surface area contributed by atoms with Crippen molar-refractivity contribution in [1.82, 2.24) is 9.38 Å². The van der Waals surface area contributed by atoms with Crippen LogP contribution in [0.4, 0.5) is 18.9 Å². The number of aromatic nitrogens is 2. The fraction of sp³-hybridized carbons (Fsp3) is 0.176. The zero-order chi connectivity index (χ0) is 19.1. The Labute approximate surface area is 151 Å². The lowest BCUT2D eigenvalue weighted by molar-refractivity contribution is -0.136. The van der Waals surface area contributed by atoms with Gasteiger partial charge in [-0.25, -0.2) is 4.98 Å². The number of alkyl halides is 3. The fourth-order valence-corrected chi connectivity index (χ4v) is 2.80. The molecule has 2 heterocycles. The van der Waals surface area contributed by atoms with Crippen LogP contribution in [-0.2, 0) is 6.18 Å². The van der Waals surface area contributed by atoms with Gasteiger partial charge in [-0.3, -0.25) is 9.20 Å². The van der Waals surface area contributed by atoms with Crippen LogP contribution >= 0.6 is 11.6 Å². The van der Waals surface area contributed by atoms with Gasteiger partial charge in [0.2, 0.25) is 0 Å². The second-order valence-corrected chi connectivity index (χ2v) is 5.89. The Morgan fingerprint density at radius 3 is 2.69 bits per heavy atom. The average molecular weight is 384 g/mol. The maximum atomic E-state index is 13.2. The summed E-state index contributed by atoms with van der Waals surface area (Å²) in [5, 5.41) is 2.22. The Morgan fingerprint density at radius 1 is 1.31 bits per heavy atom. The first kappa shape index (κ1) is 18.1. The number of benzene rings is 1. The van der Waals surface area contributed by atoms with Gasteiger partial charge in [0.1, 0.15) is 5.69 Å². The number of carbonyl (C=O) groups excluding carboxylic acids is 1. The minimum absolute atomic E-state index is 0.0777. The normalized spacial score (nSPS) is 11.6. The summed E-state index contributed by atoms with van der Waals surface area (Å²) in [6.07, 6.45) is -3.08. The van der Waals surface area contributed by atoms with Crippen LogP contribution < -0.4 is 10.1 Å². The van der Waals surface area contributed by atoms with E-state index in [1.165, 1.54) is 17.6 Å². The van der Waals surface area contributed by atoms with Crippen LogP contribution in [0.25, 0.3) is 5.65 Å². The molecule has 3 rings (SSSR count). The van der Waals surface area contributed by atoms with Gasteiger partial charge < -0.3 is 10.1 Å². The third-order valence-corrected chi connectivity index (χ3v) is 3.99. The van der Waals surface area contributed by atoms with Crippen molar-refractivity contribution in [2.45, 2.75) is 13.1 Å². The average Bonchev–Trinajstić information content (AvgIpc) is 2.91. The number of rotatable bonds is 3. The Bertz CT molecular complexity index is 999. The largest absolute Gasteiger partial charge is 0.493 e. The molecule has 0 aliphatic heterocycles. The molecule has 1 amide bonds. The molecule has 0 unspecified atom stereocenters. The van der Waals surface area contributed by atoms with Crippen LogP contribution in [-0.4, -0.2) is 22.4 Å². The Kier molecular flexibility index (Phi) is 4.53. The predicted octanol–water partition coefficient (Wildman–Crippen LogP) is 4.58. The van der Waals surface area contributed by atoms with Gasteiger partial charge in [-0.2, -0.15) is 13.2 Å². The highest BCUT2D eigenvalue weighted by atomic mass is 35.5. The molecule has 0 radical (unpaired) electrons. The van der Waals surface area contributed by atoms with Gasteiger partial charge in [0.05, 0.1) is 24.1 Å². The van der Waals surface area contributed by atoms with E-state index in [2.05, 4.69) is 10.3 Å². The van der Waals surface area contributed by atoms with Crippen LogP contribution in [0.15, 0.2) is 36.5 Å². The van der Waals surface area contributed by atoms with E-state index < -0.39 is 17.6 Å². The van der Waals surface area contributed by atoms with E-state index >= 15 is 0 Å². The lowest BCUT2D eigenvalue weighted by Crippen LogP contribution is -2.19. The summed E-state index contributed by atoms with van der Waals surface area (Å²) in [7, 11) is 1.46. The van der Waals surface area contributed by atoms with Gasteiger partial charge in [0.15, 0.2) is 11.4 Å². The van der Waals surface area contributed by atoms with Crippen LogP contribution in [0, 0.1) is 6.92 Å². The number of fused-ring (bicyclic) bond motifs is 1. The van der Waals surface area contributed by atoms with Gasteiger partial charge in [-0.15, -0.1) is 0 Å². The molecule has 0 aliphatic carbocycles. The van der Waals surface area contributed by atoms with Crippen molar-refractivity contribution in [1.29, 1.82) is 0 Å². The Hall–Kier alpha value is -2.74. The summed E-state index contributed by atoms with van der Waals surface area (Å²) in [6.45, 7) is 1.59. The molecule has 3 aromatic rings. The predicted molar refractivity (Wildman–Crippen MR) is 90.9 cm³/mol. The number of amides is 1. The smallest absolute Gasteiger partial charge is 0.418 e. The number of hydrogen-bond acceptors (Lipinski definition) is 3. The molecule has 1 N–H and O–H groups in total. The standard InChI is InChI=1S/C17H13ClF3N3O2/c1-9-14(24-7-3-4-13(26-2)15(24)22-9)16(25)23-12-6-5-10(18)8-11(12)17(19,20)21/h3-8H,1-2H3,(H,23,25). The van der Waals surface area contributed by atoms with Crippen molar-refractivity contribution in [3.63, 3.8) is 0 Å². The number of halogens is 4. The molecule has 1 aromatic carbocycles. The number of hydrogen-bond donors (Lipinski definition) is 1. The third-order valence-electron chi connectivity index (χ3n) is 3.76. The molecule has 5 nitrogen and oxygen atoms in total. The number of imidazole rings is 1. The van der Waals surface area contributed by atoms with E-state index in [4.69, 9.17) is 16.3 Å². The second-order valence-electron chi connectivity index (χ2n) is 5.46. The summed E-state index contributed by atoms with van der Waals surface area (Å²) in [6, 6.07) is 6.47. The molecule has 26 heavy (non-hydrogen) atoms. The van der Waals surface area contributed by atoms with E-state index in [0.29, 0.717) is 17.1 Å². The zero-order valence-electron chi connectivity index (χ0n) is 13.7. The molecule has 0 spiro atoms. The maximum Gasteiger partial charge on any atom is 0.418 e. The Morgan fingerprint density at radius 2 is 2.04 bits per heavy atom. The van der Waals surface area contributed by atoms with E-state index in [-0.39, 0.29) is 16.4 Å². The van der Waals surface area contributed by atoms with Crippen molar-refractivity contribution >= 4 is 28.8 Å². The topological polar surface area (TPSA) is 55.6 Å². The lowest BCUT2D eigenvalue weighted by Gasteiger charge is -2.14. The zero-order valence-corrected chi connectivity index (χ0v) is 14.4. The van der Waals surface area contributed by atoms with E-state index in [1.807, 2.05) is 0 Å². The first-order valence-corrected chi connectivity index (χ1v) is 7.80. The number of methoxy groups -OCH3 is 1. The number of aryl methyl sites for hydroxylation is 1. The minimum atomic E-state index is -4.66. The van der Waals surface area contributed by atoms with Crippen molar-refractivity contribution < 1.29 is 22.7 Å². The molecular weight excluding hydrogens is 371 g/mol. The van der Waals surface area contributed by atoms with Crippen molar-refractivity contribution in [2.75, 3.05) is 12.4 Å². The quantitative estimate of drug-likeness (QED) is 0.720. The molecule has 0 bridgehead atoms. The van der Waals surface area contributed by atoms with Crippen molar-refractivity contribution in [3.05, 3.63) is 58.5 Å². The number of nitrogens with zero attached hydrogens (tertiary/aromatic N) is 2. The van der Waals surface area contributed by atoms with Crippen LogP contribution in [0.1, 0.15) is 21.7 Å². The van der Waals surface area contributed by atoms with E-state index in [0.717, 1.165) is 12.1 Å². The number of ether oxygens (including phenoxy) is 1. The van der Waals surface area contributed by atoms with E-state index in [1.54, 1.807) is 25.3 Å². The Balaban J connectivity index is 2.05. The first-order chi connectivity index (χ1) is 12.2. The first-order valence-electron chi connectivity index (χ1n) is 7.42. The van der Waals surface area contributed by atoms with Crippen LogP contribution in [0.2, 0.25) is 5.02 Å². The summed E-state index contributed by atoms with van der Waals surface area (Å²) < 4.78 is 46.3. The minimum Gasteiger partial charge on any atom is -0.493 e. The number of pyridine rings is 1. The molecule has 2 aromatic heterocycles. The summed E-state index contributed by atoms with van der Waals surface area (Å²) in [5.41, 5.74) is -0.548. The molecular formula is C17H13ClF3N3O2. The molecule has 0 saturated carbocycles. The van der Waals surface area contributed by atoms with Crippen molar-refractivity contribution in [2.24, 2.45) is 0 Å². The molecule has 0 atom stereocenters. The summed E-state index contributed by atoms with van der Waals surface area (Å²) in [5.74, 6) is -0.284. The molecule has 136 valence electrons. The number of nitrogens with one attached hydrogen (secondary N) is 1. The highest BCUT2D eigenvalue weighted by Crippen LogP contribution is 2.36. The molecule has 9 heteroatoms. The second kappa shape index (κ2) is 6.53. The van der Waals surface area contributed by atoms with Crippen molar-refractivity contribution in [3.8, 4) is 5.75 Å².